The molecule has 0 radical (unpaired) electrons. The van der Waals surface area contributed by atoms with Crippen molar-refractivity contribution >= 4 is 21.8 Å². The second kappa shape index (κ2) is 7.55. The van der Waals surface area contributed by atoms with Gasteiger partial charge in [-0.05, 0) is 47.4 Å². The third-order valence-electron chi connectivity index (χ3n) is 6.28. The summed E-state index contributed by atoms with van der Waals surface area (Å²) in [6.07, 6.45) is 0. The van der Waals surface area contributed by atoms with E-state index in [1.807, 2.05) is 0 Å². The third-order valence-corrected chi connectivity index (χ3v) is 6.28. The quantitative estimate of drug-likeness (QED) is 0.276. The fourth-order valence-corrected chi connectivity index (χ4v) is 4.73. The van der Waals surface area contributed by atoms with Crippen LogP contribution in [0.1, 0.15) is 5.56 Å². The summed E-state index contributed by atoms with van der Waals surface area (Å²) in [4.78, 5) is 0. The molecule has 0 saturated heterocycles. The lowest BCUT2D eigenvalue weighted by atomic mass is 9.99. The molecular weight excluding hydrogens is 386 g/mol. The Hall–Kier alpha value is -4.10. The van der Waals surface area contributed by atoms with Crippen molar-refractivity contribution in [3.63, 3.8) is 0 Å². The van der Waals surface area contributed by atoms with Crippen LogP contribution in [0.3, 0.4) is 0 Å². The highest BCUT2D eigenvalue weighted by molar-refractivity contribution is 6.09. The summed E-state index contributed by atoms with van der Waals surface area (Å²) in [5, 5.41) is 2.58. The van der Waals surface area contributed by atoms with Gasteiger partial charge in [0.25, 0.3) is 0 Å². The van der Waals surface area contributed by atoms with Crippen LogP contribution >= 0.6 is 0 Å². The minimum absolute atomic E-state index is 1.21. The van der Waals surface area contributed by atoms with Crippen LogP contribution in [0.25, 0.3) is 49.7 Å². The lowest BCUT2D eigenvalue weighted by Crippen LogP contribution is -1.97. The van der Waals surface area contributed by atoms with Crippen molar-refractivity contribution in [2.75, 3.05) is 0 Å². The number of rotatable bonds is 3. The normalized spacial score (nSPS) is 11.3. The molecule has 0 aliphatic heterocycles. The van der Waals surface area contributed by atoms with E-state index in [0.29, 0.717) is 0 Å². The Morgan fingerprint density at radius 1 is 0.469 bits per heavy atom. The monoisotopic (exact) mass is 409 g/mol. The molecule has 0 saturated carbocycles. The van der Waals surface area contributed by atoms with Crippen molar-refractivity contribution in [3.05, 3.63) is 127 Å². The molecule has 32 heavy (non-hydrogen) atoms. The lowest BCUT2D eigenvalue weighted by molar-refractivity contribution is 1.18. The Morgan fingerprint density at radius 3 is 1.94 bits per heavy atom. The van der Waals surface area contributed by atoms with Gasteiger partial charge in [-0.2, -0.15) is 0 Å². The predicted octanol–water partition coefficient (Wildman–Crippen LogP) is 8.43. The molecule has 1 heterocycles. The van der Waals surface area contributed by atoms with Crippen LogP contribution in [0, 0.1) is 6.92 Å². The third kappa shape index (κ3) is 3.02. The van der Waals surface area contributed by atoms with E-state index in [9.17, 15) is 0 Å². The summed E-state index contributed by atoms with van der Waals surface area (Å²) < 4.78 is 2.41. The predicted molar refractivity (Wildman–Crippen MR) is 136 cm³/mol. The molecule has 1 heteroatoms. The summed E-state index contributed by atoms with van der Waals surface area (Å²) in [6.45, 7) is 2.16. The van der Waals surface area contributed by atoms with E-state index in [1.54, 1.807) is 0 Å². The molecule has 6 rings (SSSR count). The van der Waals surface area contributed by atoms with Gasteiger partial charge in [0.1, 0.15) is 0 Å². The molecule has 1 nitrogen and oxygen atoms in total. The van der Waals surface area contributed by atoms with Gasteiger partial charge in [-0.1, -0.05) is 103 Å². The van der Waals surface area contributed by atoms with Gasteiger partial charge >= 0.3 is 0 Å². The standard InChI is InChI=1S/C31H23N/c1-22-15-20-28-27-12-6-8-14-30(27)32(31(28)21-22)29-13-7-5-11-26(29)25-18-16-24(17-19-25)23-9-3-2-4-10-23/h2-21H,1H3. The van der Waals surface area contributed by atoms with Gasteiger partial charge in [0.15, 0.2) is 0 Å². The molecule has 0 aliphatic carbocycles. The molecule has 5 aromatic carbocycles. The second-order valence-electron chi connectivity index (χ2n) is 8.33. The van der Waals surface area contributed by atoms with E-state index in [0.717, 1.165) is 0 Å². The fraction of sp³-hybridized carbons (Fsp3) is 0.0323. The Bertz CT molecular complexity index is 1550. The molecule has 0 bridgehead atoms. The number of aromatic nitrogens is 1. The topological polar surface area (TPSA) is 4.93 Å². The van der Waals surface area contributed by atoms with Crippen molar-refractivity contribution < 1.29 is 0 Å². The van der Waals surface area contributed by atoms with Crippen molar-refractivity contribution in [1.82, 2.24) is 4.57 Å². The molecule has 0 amide bonds. The maximum atomic E-state index is 2.41. The highest BCUT2D eigenvalue weighted by Gasteiger charge is 2.15. The molecule has 0 unspecified atom stereocenters. The SMILES string of the molecule is Cc1ccc2c3ccccc3n(-c3ccccc3-c3ccc(-c4ccccc4)cc3)c2c1. The van der Waals surface area contributed by atoms with E-state index < -0.39 is 0 Å². The van der Waals surface area contributed by atoms with Crippen LogP contribution in [0.5, 0.6) is 0 Å². The number of aryl methyl sites for hydroxylation is 1. The zero-order chi connectivity index (χ0) is 21.5. The summed E-state index contributed by atoms with van der Waals surface area (Å²) in [7, 11) is 0. The van der Waals surface area contributed by atoms with Gasteiger partial charge in [0, 0.05) is 16.3 Å². The summed E-state index contributed by atoms with van der Waals surface area (Å²) >= 11 is 0. The smallest absolute Gasteiger partial charge is 0.0543 e. The Morgan fingerprint density at radius 2 is 1.09 bits per heavy atom. The first-order valence-corrected chi connectivity index (χ1v) is 11.0. The molecule has 0 atom stereocenters. The minimum atomic E-state index is 1.21. The van der Waals surface area contributed by atoms with E-state index in [1.165, 1.54) is 55.3 Å². The highest BCUT2D eigenvalue weighted by Crippen LogP contribution is 2.36. The maximum absolute atomic E-state index is 2.41. The number of fused-ring (bicyclic) bond motifs is 3. The van der Waals surface area contributed by atoms with E-state index in [2.05, 4.69) is 133 Å². The highest BCUT2D eigenvalue weighted by atomic mass is 15.0. The molecular formula is C31H23N. The first kappa shape index (κ1) is 18.7. The molecule has 0 fully saturated rings. The number of para-hydroxylation sites is 2. The minimum Gasteiger partial charge on any atom is -0.309 e. The second-order valence-corrected chi connectivity index (χ2v) is 8.33. The molecule has 0 N–H and O–H groups in total. The van der Waals surface area contributed by atoms with Crippen LogP contribution in [-0.2, 0) is 0 Å². The molecule has 1 aromatic heterocycles. The molecule has 0 aliphatic rings. The molecule has 6 aromatic rings. The average molecular weight is 410 g/mol. The number of benzene rings is 5. The van der Waals surface area contributed by atoms with Gasteiger partial charge in [0.2, 0.25) is 0 Å². The Kier molecular flexibility index (Phi) is 4.40. The van der Waals surface area contributed by atoms with Gasteiger partial charge in [-0.25, -0.2) is 0 Å². The zero-order valence-electron chi connectivity index (χ0n) is 18.0. The van der Waals surface area contributed by atoms with Crippen LogP contribution in [0.4, 0.5) is 0 Å². The van der Waals surface area contributed by atoms with E-state index in [-0.39, 0.29) is 0 Å². The summed E-state index contributed by atoms with van der Waals surface area (Å²) in [6, 6.07) is 43.6. The largest absolute Gasteiger partial charge is 0.309 e. The van der Waals surface area contributed by atoms with Crippen molar-refractivity contribution in [1.29, 1.82) is 0 Å². The summed E-state index contributed by atoms with van der Waals surface area (Å²) in [5.74, 6) is 0. The average Bonchev–Trinajstić information content (AvgIpc) is 3.18. The van der Waals surface area contributed by atoms with Crippen LogP contribution < -0.4 is 0 Å². The fourth-order valence-electron chi connectivity index (χ4n) is 4.73. The van der Waals surface area contributed by atoms with Gasteiger partial charge in [-0.15, -0.1) is 0 Å². The van der Waals surface area contributed by atoms with Crippen LogP contribution in [0.15, 0.2) is 121 Å². The first-order chi connectivity index (χ1) is 15.8. The maximum Gasteiger partial charge on any atom is 0.0543 e. The van der Waals surface area contributed by atoms with Crippen molar-refractivity contribution in [3.8, 4) is 27.9 Å². The first-order valence-electron chi connectivity index (χ1n) is 11.0. The Labute approximate surface area is 188 Å². The molecule has 0 spiro atoms. The van der Waals surface area contributed by atoms with Crippen molar-refractivity contribution in [2.24, 2.45) is 0 Å². The molecule has 152 valence electrons. The Balaban J connectivity index is 1.57. The van der Waals surface area contributed by atoms with Crippen LogP contribution in [-0.4, -0.2) is 4.57 Å². The summed E-state index contributed by atoms with van der Waals surface area (Å²) in [5.41, 5.74) is 9.89. The number of nitrogens with zero attached hydrogens (tertiary/aromatic N) is 1. The number of hydrogen-bond donors (Lipinski definition) is 0. The number of hydrogen-bond acceptors (Lipinski definition) is 0. The van der Waals surface area contributed by atoms with E-state index in [4.69, 9.17) is 0 Å². The zero-order valence-corrected chi connectivity index (χ0v) is 18.0. The van der Waals surface area contributed by atoms with Gasteiger partial charge < -0.3 is 4.57 Å². The van der Waals surface area contributed by atoms with Gasteiger partial charge in [-0.3, -0.25) is 0 Å². The van der Waals surface area contributed by atoms with Crippen molar-refractivity contribution in [2.45, 2.75) is 6.92 Å². The van der Waals surface area contributed by atoms with Gasteiger partial charge in [0.05, 0.1) is 16.7 Å². The lowest BCUT2D eigenvalue weighted by Gasteiger charge is -2.14. The van der Waals surface area contributed by atoms with Crippen LogP contribution in [0.2, 0.25) is 0 Å². The van der Waals surface area contributed by atoms with E-state index >= 15 is 0 Å².